The molecule has 2 amide bonds. The van der Waals surface area contributed by atoms with Crippen LogP contribution in [0.5, 0.6) is 0 Å². The number of carbonyl (C=O) groups is 2. The van der Waals surface area contributed by atoms with Gasteiger partial charge in [-0.25, -0.2) is 0 Å². The molecule has 1 aliphatic rings. The maximum Gasteiger partial charge on any atom is 0.416 e. The van der Waals surface area contributed by atoms with Crippen LogP contribution in [0.2, 0.25) is 0 Å². The third-order valence-corrected chi connectivity index (χ3v) is 7.61. The fourth-order valence-corrected chi connectivity index (χ4v) is 5.03. The molecule has 0 spiro atoms. The normalized spacial score (nSPS) is 14.4. The third kappa shape index (κ3) is 9.17. The van der Waals surface area contributed by atoms with E-state index in [1.807, 2.05) is 61.6 Å². The Kier molecular flexibility index (Phi) is 11.6. The topological polar surface area (TPSA) is 65.1 Å². The highest BCUT2D eigenvalue weighted by Gasteiger charge is 2.32. The summed E-state index contributed by atoms with van der Waals surface area (Å²) < 4.78 is 44.6. The van der Waals surface area contributed by atoms with E-state index < -0.39 is 23.7 Å². The molecule has 44 heavy (non-hydrogen) atoms. The second kappa shape index (κ2) is 15.5. The first-order chi connectivity index (χ1) is 21.2. The number of morpholine rings is 1. The number of ether oxygens (including phenoxy) is 1. The van der Waals surface area contributed by atoms with Crippen molar-refractivity contribution < 1.29 is 27.5 Å². The molecule has 10 heteroatoms. The third-order valence-electron chi connectivity index (χ3n) is 7.61. The van der Waals surface area contributed by atoms with Crippen molar-refractivity contribution in [1.29, 1.82) is 0 Å². The second-order valence-corrected chi connectivity index (χ2v) is 10.8. The Morgan fingerprint density at radius 1 is 0.955 bits per heavy atom. The summed E-state index contributed by atoms with van der Waals surface area (Å²) in [5.74, 6) is -0.622. The zero-order valence-corrected chi connectivity index (χ0v) is 25.1. The van der Waals surface area contributed by atoms with E-state index in [9.17, 15) is 22.8 Å². The summed E-state index contributed by atoms with van der Waals surface area (Å²) in [6.45, 7) is 4.14. The van der Waals surface area contributed by atoms with Crippen molar-refractivity contribution in [3.05, 3.63) is 107 Å². The van der Waals surface area contributed by atoms with E-state index in [0.29, 0.717) is 38.3 Å². The van der Waals surface area contributed by atoms with Gasteiger partial charge in [-0.1, -0.05) is 54.6 Å². The van der Waals surface area contributed by atoms with E-state index in [1.165, 1.54) is 24.3 Å². The number of likely N-dealkylation sites (N-methyl/N-ethyl adjacent to an activating group) is 2. The zero-order chi connectivity index (χ0) is 31.5. The van der Waals surface area contributed by atoms with Crippen molar-refractivity contribution >= 4 is 23.6 Å². The molecule has 1 atom stereocenters. The molecule has 1 fully saturated rings. The van der Waals surface area contributed by atoms with Gasteiger partial charge in [-0.05, 0) is 54.1 Å². The summed E-state index contributed by atoms with van der Waals surface area (Å²) in [4.78, 5) is 33.2. The highest BCUT2D eigenvalue weighted by Crippen LogP contribution is 2.29. The molecule has 0 unspecified atom stereocenters. The highest BCUT2D eigenvalue weighted by molar-refractivity contribution is 5.95. The molecule has 0 aromatic heterocycles. The lowest BCUT2D eigenvalue weighted by Crippen LogP contribution is -2.51. The fourth-order valence-electron chi connectivity index (χ4n) is 5.03. The van der Waals surface area contributed by atoms with Crippen LogP contribution in [0.25, 0.3) is 6.08 Å². The zero-order valence-electron chi connectivity index (χ0n) is 25.1. The Balaban J connectivity index is 1.65. The van der Waals surface area contributed by atoms with Gasteiger partial charge in [-0.15, -0.1) is 0 Å². The second-order valence-electron chi connectivity index (χ2n) is 10.8. The van der Waals surface area contributed by atoms with Crippen molar-refractivity contribution in [2.75, 3.05) is 58.4 Å². The molecule has 234 valence electrons. The maximum atomic E-state index is 13.9. The molecule has 3 aromatic carbocycles. The molecule has 1 saturated heterocycles. The van der Waals surface area contributed by atoms with Crippen molar-refractivity contribution in [2.24, 2.45) is 0 Å². The Bertz CT molecular complexity index is 1370. The van der Waals surface area contributed by atoms with Crippen LogP contribution in [0.15, 0.2) is 84.9 Å². The minimum Gasteiger partial charge on any atom is -0.378 e. The molecule has 1 heterocycles. The van der Waals surface area contributed by atoms with Gasteiger partial charge in [-0.2, -0.15) is 13.2 Å². The number of rotatable bonds is 12. The number of nitrogens with zero attached hydrogens (tertiary/aromatic N) is 3. The van der Waals surface area contributed by atoms with Gasteiger partial charge in [0.15, 0.2) is 0 Å². The lowest BCUT2D eigenvalue weighted by atomic mass is 10.0. The van der Waals surface area contributed by atoms with E-state index in [1.54, 1.807) is 16.8 Å². The summed E-state index contributed by atoms with van der Waals surface area (Å²) in [7, 11) is 3.53. The smallest absolute Gasteiger partial charge is 0.378 e. The van der Waals surface area contributed by atoms with E-state index >= 15 is 0 Å². The van der Waals surface area contributed by atoms with Gasteiger partial charge in [0.2, 0.25) is 11.8 Å². The van der Waals surface area contributed by atoms with E-state index in [2.05, 4.69) is 10.2 Å². The molecular formula is C34H39F3N4O3. The van der Waals surface area contributed by atoms with Crippen LogP contribution in [0.3, 0.4) is 0 Å². The lowest BCUT2D eigenvalue weighted by molar-refractivity contribution is -0.143. The first-order valence-electron chi connectivity index (χ1n) is 14.7. The predicted octanol–water partition coefficient (Wildman–Crippen LogP) is 4.87. The molecule has 0 saturated carbocycles. The van der Waals surface area contributed by atoms with Crippen LogP contribution in [0.4, 0.5) is 18.9 Å². The van der Waals surface area contributed by atoms with Gasteiger partial charge >= 0.3 is 6.18 Å². The van der Waals surface area contributed by atoms with Gasteiger partial charge in [-0.3, -0.25) is 9.59 Å². The van der Waals surface area contributed by atoms with Crippen LogP contribution in [-0.2, 0) is 33.5 Å². The standard InChI is InChI=1S/C34H39F3N4O3/c1-38-18-19-39(2)33(43)31(24-27-6-4-3-5-7-27)41(25-28-10-15-30(16-11-28)40-20-22-44-23-21-40)32(42)17-12-26-8-13-29(14-9-26)34(35,36)37/h3-17,31,38H,18-25H2,1-2H3/b17-12+/t31-/m0/s1. The summed E-state index contributed by atoms with van der Waals surface area (Å²) in [6, 6.07) is 21.2. The summed E-state index contributed by atoms with van der Waals surface area (Å²) in [6.07, 6.45) is -1.35. The Hall–Kier alpha value is -4.15. The lowest BCUT2D eigenvalue weighted by Gasteiger charge is -2.34. The number of benzene rings is 3. The minimum absolute atomic E-state index is 0.169. The number of amides is 2. The predicted molar refractivity (Wildman–Crippen MR) is 166 cm³/mol. The van der Waals surface area contributed by atoms with Gasteiger partial charge in [0.05, 0.1) is 18.8 Å². The van der Waals surface area contributed by atoms with E-state index in [0.717, 1.165) is 42.0 Å². The summed E-state index contributed by atoms with van der Waals surface area (Å²) >= 11 is 0. The Morgan fingerprint density at radius 3 is 2.23 bits per heavy atom. The van der Waals surface area contributed by atoms with Crippen molar-refractivity contribution in [2.45, 2.75) is 25.2 Å². The maximum absolute atomic E-state index is 13.9. The number of alkyl halides is 3. The number of hydrogen-bond donors (Lipinski definition) is 1. The minimum atomic E-state index is -4.45. The summed E-state index contributed by atoms with van der Waals surface area (Å²) in [5.41, 5.74) is 2.49. The van der Waals surface area contributed by atoms with Crippen molar-refractivity contribution in [1.82, 2.24) is 15.1 Å². The van der Waals surface area contributed by atoms with Crippen LogP contribution in [0, 0.1) is 0 Å². The highest BCUT2D eigenvalue weighted by atomic mass is 19.4. The van der Waals surface area contributed by atoms with Crippen LogP contribution < -0.4 is 10.2 Å². The largest absolute Gasteiger partial charge is 0.416 e. The van der Waals surface area contributed by atoms with Gasteiger partial charge in [0, 0.05) is 58.0 Å². The molecule has 4 rings (SSSR count). The quantitative estimate of drug-likeness (QED) is 0.297. The molecule has 1 aliphatic heterocycles. The number of anilines is 1. The number of carbonyl (C=O) groups excluding carboxylic acids is 2. The molecule has 7 nitrogen and oxygen atoms in total. The molecule has 0 radical (unpaired) electrons. The van der Waals surface area contributed by atoms with Gasteiger partial charge < -0.3 is 24.8 Å². The first-order valence-corrected chi connectivity index (χ1v) is 14.7. The van der Waals surface area contributed by atoms with E-state index in [4.69, 9.17) is 4.74 Å². The van der Waals surface area contributed by atoms with Crippen LogP contribution >= 0.6 is 0 Å². The van der Waals surface area contributed by atoms with Crippen molar-refractivity contribution in [3.63, 3.8) is 0 Å². The number of halogens is 3. The Labute approximate surface area is 256 Å². The van der Waals surface area contributed by atoms with E-state index in [-0.39, 0.29) is 12.5 Å². The van der Waals surface area contributed by atoms with Crippen molar-refractivity contribution in [3.8, 4) is 0 Å². The van der Waals surface area contributed by atoms with Crippen LogP contribution in [-0.4, -0.2) is 81.1 Å². The number of hydrogen-bond acceptors (Lipinski definition) is 5. The number of nitrogens with one attached hydrogen (secondary N) is 1. The average Bonchev–Trinajstić information content (AvgIpc) is 3.04. The molecule has 1 N–H and O–H groups in total. The molecule has 3 aromatic rings. The Morgan fingerprint density at radius 2 is 1.61 bits per heavy atom. The van der Waals surface area contributed by atoms with Crippen LogP contribution in [0.1, 0.15) is 22.3 Å². The monoisotopic (exact) mass is 608 g/mol. The molecule has 0 bridgehead atoms. The van der Waals surface area contributed by atoms with Gasteiger partial charge in [0.25, 0.3) is 0 Å². The fraction of sp³-hybridized carbons (Fsp3) is 0.353. The molecule has 0 aliphatic carbocycles. The average molecular weight is 609 g/mol. The molecular weight excluding hydrogens is 569 g/mol. The summed E-state index contributed by atoms with van der Waals surface area (Å²) in [5, 5.41) is 3.05. The first kappa shape index (κ1) is 32.8. The van der Waals surface area contributed by atoms with Gasteiger partial charge in [0.1, 0.15) is 6.04 Å². The SMILES string of the molecule is CNCCN(C)C(=O)[C@H](Cc1ccccc1)N(Cc1ccc(N2CCOCC2)cc1)C(=O)/C=C/c1ccc(C(F)(F)F)cc1.